The van der Waals surface area contributed by atoms with Crippen molar-refractivity contribution in [3.63, 3.8) is 0 Å². The SMILES string of the molecule is [2H]c1cc(OCC)c(OCC2CNCCO2)cc1[2H]. The van der Waals surface area contributed by atoms with Crippen molar-refractivity contribution in [3.8, 4) is 11.5 Å². The Morgan fingerprint density at radius 1 is 1.41 bits per heavy atom. The topological polar surface area (TPSA) is 39.7 Å². The molecule has 4 nitrogen and oxygen atoms in total. The summed E-state index contributed by atoms with van der Waals surface area (Å²) >= 11 is 0. The van der Waals surface area contributed by atoms with E-state index in [9.17, 15) is 0 Å². The van der Waals surface area contributed by atoms with Gasteiger partial charge in [0, 0.05) is 13.1 Å². The zero-order chi connectivity index (χ0) is 13.7. The van der Waals surface area contributed by atoms with E-state index in [4.69, 9.17) is 17.0 Å². The summed E-state index contributed by atoms with van der Waals surface area (Å²) in [5.74, 6) is 1.00. The molecule has 4 heteroatoms. The number of benzene rings is 1. The van der Waals surface area contributed by atoms with Gasteiger partial charge in [0.05, 0.1) is 16.0 Å². The van der Waals surface area contributed by atoms with Crippen LogP contribution in [0.4, 0.5) is 0 Å². The highest BCUT2D eigenvalue weighted by atomic mass is 16.5. The Hall–Kier alpha value is -1.26. The molecule has 0 aliphatic carbocycles. The zero-order valence-corrected chi connectivity index (χ0v) is 9.99. The number of nitrogens with one attached hydrogen (secondary N) is 1. The van der Waals surface area contributed by atoms with Crippen LogP contribution in [0.15, 0.2) is 24.2 Å². The second-order valence-electron chi connectivity index (χ2n) is 3.75. The van der Waals surface area contributed by atoms with Gasteiger partial charge >= 0.3 is 0 Å². The Morgan fingerprint density at radius 3 is 2.82 bits per heavy atom. The van der Waals surface area contributed by atoms with Crippen LogP contribution in [0.3, 0.4) is 0 Å². The molecule has 17 heavy (non-hydrogen) atoms. The molecule has 1 heterocycles. The second-order valence-corrected chi connectivity index (χ2v) is 3.75. The van der Waals surface area contributed by atoms with E-state index in [-0.39, 0.29) is 18.2 Å². The molecule has 1 aromatic rings. The Labute approximate surface area is 105 Å². The third kappa shape index (κ3) is 3.61. The molecule has 0 spiro atoms. The minimum absolute atomic E-state index is 0.00749. The van der Waals surface area contributed by atoms with Crippen LogP contribution in [0.5, 0.6) is 11.5 Å². The first kappa shape index (κ1) is 9.74. The Balaban J connectivity index is 2.02. The average molecular weight is 239 g/mol. The van der Waals surface area contributed by atoms with Crippen LogP contribution >= 0.6 is 0 Å². The number of hydrogen-bond donors (Lipinski definition) is 1. The van der Waals surface area contributed by atoms with Gasteiger partial charge in [-0.1, -0.05) is 12.1 Å². The fourth-order valence-electron chi connectivity index (χ4n) is 1.65. The smallest absolute Gasteiger partial charge is 0.161 e. The zero-order valence-electron chi connectivity index (χ0n) is 12.0. The lowest BCUT2D eigenvalue weighted by atomic mass is 10.3. The van der Waals surface area contributed by atoms with Crippen LogP contribution in [-0.2, 0) is 4.74 Å². The van der Waals surface area contributed by atoms with Crippen LogP contribution < -0.4 is 14.8 Å². The molecule has 1 aliphatic rings. The molecule has 1 atom stereocenters. The maximum Gasteiger partial charge on any atom is 0.161 e. The Bertz CT molecular complexity index is 423. The van der Waals surface area contributed by atoms with Gasteiger partial charge in [0.15, 0.2) is 11.5 Å². The highest BCUT2D eigenvalue weighted by Crippen LogP contribution is 2.26. The predicted octanol–water partition coefficient (Wildman–Crippen LogP) is 1.45. The number of hydrogen-bond acceptors (Lipinski definition) is 4. The van der Waals surface area contributed by atoms with Gasteiger partial charge < -0.3 is 19.5 Å². The molecular weight excluding hydrogens is 218 g/mol. The quantitative estimate of drug-likeness (QED) is 0.844. The highest BCUT2D eigenvalue weighted by molar-refractivity contribution is 5.39. The van der Waals surface area contributed by atoms with Gasteiger partial charge in [0.1, 0.15) is 12.7 Å². The van der Waals surface area contributed by atoms with E-state index in [2.05, 4.69) is 5.32 Å². The molecule has 1 aliphatic heterocycles. The highest BCUT2D eigenvalue weighted by Gasteiger charge is 2.14. The fraction of sp³-hybridized carbons (Fsp3) is 0.538. The van der Waals surface area contributed by atoms with Gasteiger partial charge in [-0.15, -0.1) is 0 Å². The minimum Gasteiger partial charge on any atom is -0.490 e. The van der Waals surface area contributed by atoms with Gasteiger partial charge in [-0.25, -0.2) is 0 Å². The van der Waals surface area contributed by atoms with Crippen molar-refractivity contribution in [1.29, 1.82) is 0 Å². The number of ether oxygens (including phenoxy) is 3. The molecule has 0 aromatic heterocycles. The molecule has 0 amide bonds. The standard InChI is InChI=1S/C13H19NO3/c1-2-15-12-5-3-4-6-13(12)17-10-11-9-14-7-8-16-11/h3-6,11,14H,2,7-10H2,1H3/i3D,4D. The number of para-hydroxylation sites is 2. The van der Waals surface area contributed by atoms with Crippen molar-refractivity contribution in [2.75, 3.05) is 32.9 Å². The lowest BCUT2D eigenvalue weighted by Gasteiger charge is -2.24. The molecular formula is C13H19NO3. The molecule has 1 aromatic carbocycles. The maximum absolute atomic E-state index is 7.65. The molecule has 2 rings (SSSR count). The van der Waals surface area contributed by atoms with Gasteiger partial charge in [-0.2, -0.15) is 0 Å². The van der Waals surface area contributed by atoms with Crippen molar-refractivity contribution in [3.05, 3.63) is 24.2 Å². The molecule has 1 fully saturated rings. The van der Waals surface area contributed by atoms with Gasteiger partial charge in [-0.05, 0) is 19.1 Å². The summed E-state index contributed by atoms with van der Waals surface area (Å²) in [4.78, 5) is 0. The van der Waals surface area contributed by atoms with Crippen molar-refractivity contribution in [1.82, 2.24) is 5.32 Å². The number of morpholine rings is 1. The van der Waals surface area contributed by atoms with E-state index in [1.807, 2.05) is 6.92 Å². The Morgan fingerprint density at radius 2 is 2.18 bits per heavy atom. The summed E-state index contributed by atoms with van der Waals surface area (Å²) in [7, 11) is 0. The Kier molecular flexibility index (Phi) is 3.71. The third-order valence-electron chi connectivity index (χ3n) is 2.46. The average Bonchev–Trinajstić information content (AvgIpc) is 2.42. The first-order chi connectivity index (χ1) is 9.20. The largest absolute Gasteiger partial charge is 0.490 e. The van der Waals surface area contributed by atoms with E-state index in [0.29, 0.717) is 31.3 Å². The van der Waals surface area contributed by atoms with Crippen molar-refractivity contribution < 1.29 is 17.0 Å². The second kappa shape index (κ2) is 6.47. The summed E-state index contributed by atoms with van der Waals surface area (Å²) in [6.45, 7) is 5.08. The van der Waals surface area contributed by atoms with Gasteiger partial charge in [0.25, 0.3) is 0 Å². The van der Waals surface area contributed by atoms with E-state index < -0.39 is 0 Å². The van der Waals surface area contributed by atoms with Crippen LogP contribution in [0, 0.1) is 0 Å². The molecule has 1 unspecified atom stereocenters. The summed E-state index contributed by atoms with van der Waals surface area (Å²) < 4.78 is 31.9. The molecule has 0 radical (unpaired) electrons. The van der Waals surface area contributed by atoms with Crippen LogP contribution in [0.2, 0.25) is 0 Å². The molecule has 1 saturated heterocycles. The van der Waals surface area contributed by atoms with Crippen LogP contribution in [-0.4, -0.2) is 39.0 Å². The van der Waals surface area contributed by atoms with Crippen molar-refractivity contribution in [2.24, 2.45) is 0 Å². The van der Waals surface area contributed by atoms with E-state index in [1.54, 1.807) is 0 Å². The monoisotopic (exact) mass is 239 g/mol. The van der Waals surface area contributed by atoms with Crippen LogP contribution in [0.25, 0.3) is 0 Å². The minimum atomic E-state index is 0.00749. The molecule has 1 N–H and O–H groups in total. The van der Waals surface area contributed by atoms with E-state index >= 15 is 0 Å². The summed E-state index contributed by atoms with van der Waals surface area (Å²) in [5.41, 5.74) is 0. The predicted molar refractivity (Wildman–Crippen MR) is 65.7 cm³/mol. The van der Waals surface area contributed by atoms with Gasteiger partial charge in [0.2, 0.25) is 0 Å². The lowest BCUT2D eigenvalue weighted by Crippen LogP contribution is -2.41. The maximum atomic E-state index is 7.65. The summed E-state index contributed by atoms with van der Waals surface area (Å²) in [6, 6.07) is 3.29. The molecule has 0 saturated carbocycles. The molecule has 0 bridgehead atoms. The molecule has 94 valence electrons. The van der Waals surface area contributed by atoms with Crippen molar-refractivity contribution >= 4 is 0 Å². The summed E-state index contributed by atoms with van der Waals surface area (Å²) in [6.07, 6.45) is 0.00749. The normalized spacial score (nSPS) is 21.6. The fourth-order valence-corrected chi connectivity index (χ4v) is 1.65. The first-order valence-electron chi connectivity index (χ1n) is 6.90. The van der Waals surface area contributed by atoms with Gasteiger partial charge in [-0.3, -0.25) is 0 Å². The third-order valence-corrected chi connectivity index (χ3v) is 2.46. The van der Waals surface area contributed by atoms with Crippen LogP contribution in [0.1, 0.15) is 9.67 Å². The van der Waals surface area contributed by atoms with Crippen molar-refractivity contribution in [2.45, 2.75) is 13.0 Å². The summed E-state index contributed by atoms with van der Waals surface area (Å²) in [5, 5.41) is 3.23. The first-order valence-corrected chi connectivity index (χ1v) is 5.90. The lowest BCUT2D eigenvalue weighted by molar-refractivity contribution is -0.000350. The van der Waals surface area contributed by atoms with E-state index in [1.165, 1.54) is 12.1 Å². The number of rotatable bonds is 5. The van der Waals surface area contributed by atoms with E-state index in [0.717, 1.165) is 13.1 Å².